The lowest BCUT2D eigenvalue weighted by molar-refractivity contribution is 0.116. The molecule has 7 nitrogen and oxygen atoms in total. The Morgan fingerprint density at radius 3 is 2.58 bits per heavy atom. The summed E-state index contributed by atoms with van der Waals surface area (Å²) in [5.41, 5.74) is 7.33. The summed E-state index contributed by atoms with van der Waals surface area (Å²) in [5.74, 6) is 0.103. The highest BCUT2D eigenvalue weighted by Gasteiger charge is 2.08. The highest BCUT2D eigenvalue weighted by atomic mass is 16.5. The summed E-state index contributed by atoms with van der Waals surface area (Å²) < 4.78 is 7.74. The maximum Gasteiger partial charge on any atom is 0.280 e. The first-order chi connectivity index (χ1) is 15.2. The molecule has 0 saturated heterocycles. The van der Waals surface area contributed by atoms with Crippen LogP contribution in [0.25, 0.3) is 32.7 Å². The van der Waals surface area contributed by atoms with Gasteiger partial charge >= 0.3 is 0 Å². The van der Waals surface area contributed by atoms with E-state index in [0.717, 1.165) is 12.8 Å². The van der Waals surface area contributed by atoms with Crippen LogP contribution in [0.3, 0.4) is 0 Å². The molecule has 0 aliphatic heterocycles. The van der Waals surface area contributed by atoms with E-state index in [4.69, 9.17) is 10.5 Å². The zero-order chi connectivity index (χ0) is 21.2. The van der Waals surface area contributed by atoms with Crippen LogP contribution >= 0.6 is 0 Å². The van der Waals surface area contributed by atoms with E-state index in [-0.39, 0.29) is 11.5 Å². The number of nitrogens with zero attached hydrogens (tertiary/aromatic N) is 3. The Morgan fingerprint density at radius 2 is 1.74 bits per heavy atom. The number of nitrogens with one attached hydrogen (secondary N) is 1. The number of hydrogen-bond donors (Lipinski definition) is 2. The normalized spacial score (nSPS) is 11.6. The number of rotatable bonds is 7. The van der Waals surface area contributed by atoms with Crippen molar-refractivity contribution in [3.63, 3.8) is 0 Å². The monoisotopic (exact) mass is 413 g/mol. The molecule has 3 N–H and O–H groups in total. The van der Waals surface area contributed by atoms with E-state index in [1.807, 2.05) is 4.57 Å². The molecule has 0 spiro atoms. The molecule has 0 aliphatic carbocycles. The number of anilines is 1. The van der Waals surface area contributed by atoms with Crippen molar-refractivity contribution in [2.75, 3.05) is 12.3 Å². The molecular formula is C24H23N5O2. The molecule has 0 radical (unpaired) electrons. The van der Waals surface area contributed by atoms with Crippen molar-refractivity contribution in [3.8, 4) is 0 Å². The lowest BCUT2D eigenvalue weighted by Gasteiger charge is -2.08. The number of nitrogen functional groups attached to an aromatic ring is 1. The summed E-state index contributed by atoms with van der Waals surface area (Å²) in [7, 11) is 0. The maximum absolute atomic E-state index is 11.8. The molecule has 5 rings (SSSR count). The van der Waals surface area contributed by atoms with Crippen LogP contribution < -0.4 is 11.3 Å². The van der Waals surface area contributed by atoms with Gasteiger partial charge in [-0.2, -0.15) is 4.98 Å². The van der Waals surface area contributed by atoms with Crippen LogP contribution in [-0.2, 0) is 17.9 Å². The van der Waals surface area contributed by atoms with Crippen molar-refractivity contribution >= 4 is 38.7 Å². The predicted molar refractivity (Wildman–Crippen MR) is 123 cm³/mol. The fraction of sp³-hybridized carbons (Fsp3) is 0.208. The zero-order valence-electron chi connectivity index (χ0n) is 17.0. The molecule has 3 aromatic carbocycles. The molecule has 0 bridgehead atoms. The van der Waals surface area contributed by atoms with Crippen molar-refractivity contribution in [1.82, 2.24) is 19.5 Å². The highest BCUT2D eigenvalue weighted by Crippen LogP contribution is 2.24. The summed E-state index contributed by atoms with van der Waals surface area (Å²) in [6.45, 7) is 1.96. The molecule has 7 heteroatoms. The van der Waals surface area contributed by atoms with Gasteiger partial charge in [-0.25, -0.2) is 4.98 Å². The Balaban J connectivity index is 1.15. The second-order valence-corrected chi connectivity index (χ2v) is 7.70. The number of imidazole rings is 1. The minimum atomic E-state index is -0.312. The number of fused-ring (bicyclic) bond motifs is 3. The second-order valence-electron chi connectivity index (χ2n) is 7.70. The molecule has 0 saturated carbocycles. The van der Waals surface area contributed by atoms with E-state index in [1.165, 1.54) is 27.1 Å². The van der Waals surface area contributed by atoms with Crippen molar-refractivity contribution in [1.29, 1.82) is 0 Å². The third-order valence-corrected chi connectivity index (χ3v) is 5.47. The van der Waals surface area contributed by atoms with Crippen molar-refractivity contribution in [3.05, 3.63) is 76.8 Å². The summed E-state index contributed by atoms with van der Waals surface area (Å²) in [5, 5.41) is 4.97. The largest absolute Gasteiger partial charge is 0.377 e. The van der Waals surface area contributed by atoms with Crippen molar-refractivity contribution in [2.24, 2.45) is 0 Å². The highest BCUT2D eigenvalue weighted by molar-refractivity contribution is 5.98. The average molecular weight is 413 g/mol. The SMILES string of the molecule is Nc1nc2c(ncn2CCCCOCc2ccc3cc4ccccc4cc3c2)c(=O)[nH]1. The van der Waals surface area contributed by atoms with E-state index in [2.05, 4.69) is 69.5 Å². The lowest BCUT2D eigenvalue weighted by atomic mass is 10.0. The molecule has 0 unspecified atom stereocenters. The molecular weight excluding hydrogens is 390 g/mol. The minimum Gasteiger partial charge on any atom is -0.377 e. The van der Waals surface area contributed by atoms with Crippen LogP contribution in [0.15, 0.2) is 65.7 Å². The Hall–Kier alpha value is -3.71. The first kappa shape index (κ1) is 19.3. The van der Waals surface area contributed by atoms with Crippen LogP contribution in [0.1, 0.15) is 18.4 Å². The molecule has 0 amide bonds. The number of ether oxygens (including phenoxy) is 1. The van der Waals surface area contributed by atoms with Crippen molar-refractivity contribution < 1.29 is 4.74 Å². The van der Waals surface area contributed by atoms with Gasteiger partial charge in [0, 0.05) is 13.2 Å². The van der Waals surface area contributed by atoms with Gasteiger partial charge in [0.2, 0.25) is 5.95 Å². The number of unbranched alkanes of at least 4 members (excludes halogenated alkanes) is 1. The molecule has 0 fully saturated rings. The van der Waals surface area contributed by atoms with Gasteiger partial charge in [-0.1, -0.05) is 36.4 Å². The van der Waals surface area contributed by atoms with Crippen LogP contribution in [0.4, 0.5) is 5.95 Å². The molecule has 0 aliphatic rings. The van der Waals surface area contributed by atoms with Gasteiger partial charge in [0.1, 0.15) is 0 Å². The van der Waals surface area contributed by atoms with Crippen molar-refractivity contribution in [2.45, 2.75) is 26.0 Å². The maximum atomic E-state index is 11.8. The van der Waals surface area contributed by atoms with Crippen LogP contribution in [0.2, 0.25) is 0 Å². The summed E-state index contributed by atoms with van der Waals surface area (Å²) in [4.78, 5) is 22.6. The predicted octanol–water partition coefficient (Wildman–Crippen LogP) is 4.01. The van der Waals surface area contributed by atoms with E-state index >= 15 is 0 Å². The first-order valence-corrected chi connectivity index (χ1v) is 10.4. The molecule has 5 aromatic rings. The Bertz CT molecular complexity index is 1440. The zero-order valence-corrected chi connectivity index (χ0v) is 17.0. The Labute approximate surface area is 178 Å². The summed E-state index contributed by atoms with van der Waals surface area (Å²) >= 11 is 0. The van der Waals surface area contributed by atoms with Gasteiger partial charge < -0.3 is 15.0 Å². The van der Waals surface area contributed by atoms with Gasteiger partial charge in [-0.15, -0.1) is 0 Å². The van der Waals surface area contributed by atoms with Crippen LogP contribution in [-0.4, -0.2) is 26.1 Å². The molecule has 2 heterocycles. The third kappa shape index (κ3) is 4.00. The number of H-pyrrole nitrogens is 1. The fourth-order valence-corrected chi connectivity index (χ4v) is 3.89. The van der Waals surface area contributed by atoms with Gasteiger partial charge in [0.05, 0.1) is 12.9 Å². The summed E-state index contributed by atoms with van der Waals surface area (Å²) in [6.07, 6.45) is 3.42. The smallest absolute Gasteiger partial charge is 0.280 e. The van der Waals surface area contributed by atoms with Gasteiger partial charge in [0.15, 0.2) is 11.2 Å². The van der Waals surface area contributed by atoms with Gasteiger partial charge in [0.25, 0.3) is 5.56 Å². The van der Waals surface area contributed by atoms with E-state index in [0.29, 0.717) is 30.9 Å². The summed E-state index contributed by atoms with van der Waals surface area (Å²) in [6, 6.07) is 19.4. The molecule has 156 valence electrons. The molecule has 2 aromatic heterocycles. The van der Waals surface area contributed by atoms with Gasteiger partial charge in [-0.05, 0) is 58.1 Å². The fourth-order valence-electron chi connectivity index (χ4n) is 3.89. The minimum absolute atomic E-state index is 0.103. The number of hydrogen-bond acceptors (Lipinski definition) is 5. The number of aromatic amines is 1. The van der Waals surface area contributed by atoms with E-state index in [1.54, 1.807) is 6.33 Å². The standard InChI is InChI=1S/C24H23N5O2/c25-24-27-22-21(23(30)28-24)26-15-29(22)9-3-4-10-31-14-16-7-8-19-12-17-5-1-2-6-18(17)13-20(19)11-16/h1-2,5-8,11-13,15H,3-4,9-10,14H2,(H3,25,27,28,30). The third-order valence-electron chi connectivity index (χ3n) is 5.47. The van der Waals surface area contributed by atoms with Crippen LogP contribution in [0.5, 0.6) is 0 Å². The number of nitrogens with two attached hydrogens (primary N) is 1. The molecule has 0 atom stereocenters. The Morgan fingerprint density at radius 1 is 0.968 bits per heavy atom. The van der Waals surface area contributed by atoms with E-state index in [9.17, 15) is 4.79 Å². The Kier molecular flexibility index (Phi) is 5.09. The lowest BCUT2D eigenvalue weighted by Crippen LogP contribution is -2.12. The van der Waals surface area contributed by atoms with Crippen LogP contribution in [0, 0.1) is 0 Å². The first-order valence-electron chi connectivity index (χ1n) is 10.4. The quantitative estimate of drug-likeness (QED) is 0.310. The van der Waals surface area contributed by atoms with Gasteiger partial charge in [-0.3, -0.25) is 9.78 Å². The average Bonchev–Trinajstić information content (AvgIpc) is 3.17. The number of aromatic nitrogens is 4. The molecule has 31 heavy (non-hydrogen) atoms. The number of aryl methyl sites for hydroxylation is 1. The topological polar surface area (TPSA) is 98.8 Å². The van der Waals surface area contributed by atoms with E-state index < -0.39 is 0 Å². The second kappa shape index (κ2) is 8.20. The number of benzene rings is 3.